The van der Waals surface area contributed by atoms with Crippen molar-refractivity contribution in [3.05, 3.63) is 52.2 Å². The first-order chi connectivity index (χ1) is 13.3. The maximum atomic E-state index is 12.8. The van der Waals surface area contributed by atoms with E-state index in [0.29, 0.717) is 18.8 Å². The number of sulfonamides is 1. The number of carbonyl (C=O) groups is 1. The van der Waals surface area contributed by atoms with Crippen LogP contribution in [-0.4, -0.2) is 19.5 Å². The first-order valence-electron chi connectivity index (χ1n) is 9.65. The van der Waals surface area contributed by atoms with Crippen LogP contribution in [0, 0.1) is 5.92 Å². The van der Waals surface area contributed by atoms with Gasteiger partial charge in [-0.25, -0.2) is 13.1 Å². The zero-order valence-corrected chi connectivity index (χ0v) is 18.1. The number of rotatable bonds is 12. The molecule has 0 saturated heterocycles. The van der Waals surface area contributed by atoms with E-state index in [4.69, 9.17) is 5.11 Å². The molecule has 7 heteroatoms. The molecular weight excluding hydrogens is 394 g/mol. The van der Waals surface area contributed by atoms with Gasteiger partial charge in [-0.05, 0) is 49.4 Å². The summed E-state index contributed by atoms with van der Waals surface area (Å²) >= 11 is 1.57. The summed E-state index contributed by atoms with van der Waals surface area (Å²) in [6.07, 6.45) is 4.14. The molecule has 1 aromatic heterocycles. The van der Waals surface area contributed by atoms with E-state index in [1.165, 1.54) is 0 Å². The number of carboxylic acid groups (broad SMARTS) is 1. The Labute approximate surface area is 171 Å². The average Bonchev–Trinajstić information content (AvgIpc) is 3.10. The summed E-state index contributed by atoms with van der Waals surface area (Å²) in [6, 6.07) is 12.1. The number of carboxylic acids is 1. The van der Waals surface area contributed by atoms with E-state index in [2.05, 4.69) is 18.6 Å². The molecule has 2 aromatic rings. The summed E-state index contributed by atoms with van der Waals surface area (Å²) in [4.78, 5) is 13.0. The highest BCUT2D eigenvalue weighted by Gasteiger charge is 2.22. The molecule has 1 aromatic carbocycles. The largest absolute Gasteiger partial charge is 0.481 e. The minimum absolute atomic E-state index is 0.145. The van der Waals surface area contributed by atoms with E-state index in [1.54, 1.807) is 41.7 Å². The molecule has 2 N–H and O–H groups in total. The minimum atomic E-state index is -3.60. The van der Waals surface area contributed by atoms with Gasteiger partial charge in [0.05, 0.1) is 10.9 Å². The second-order valence-electron chi connectivity index (χ2n) is 7.36. The van der Waals surface area contributed by atoms with Gasteiger partial charge in [-0.1, -0.05) is 44.9 Å². The molecule has 0 amide bonds. The maximum absolute atomic E-state index is 12.8. The highest BCUT2D eigenvalue weighted by atomic mass is 32.2. The molecule has 0 aliphatic heterocycles. The molecule has 154 valence electrons. The van der Waals surface area contributed by atoms with E-state index >= 15 is 0 Å². The van der Waals surface area contributed by atoms with Gasteiger partial charge in [0.15, 0.2) is 0 Å². The van der Waals surface area contributed by atoms with Gasteiger partial charge in [0.1, 0.15) is 0 Å². The van der Waals surface area contributed by atoms with Gasteiger partial charge in [-0.15, -0.1) is 11.3 Å². The van der Waals surface area contributed by atoms with E-state index in [0.717, 1.165) is 29.0 Å². The van der Waals surface area contributed by atoms with Crippen molar-refractivity contribution in [2.75, 3.05) is 0 Å². The molecule has 0 radical (unpaired) electrons. The van der Waals surface area contributed by atoms with Crippen molar-refractivity contribution in [1.82, 2.24) is 4.72 Å². The van der Waals surface area contributed by atoms with Crippen LogP contribution >= 0.6 is 11.3 Å². The van der Waals surface area contributed by atoms with Crippen molar-refractivity contribution in [1.29, 1.82) is 0 Å². The lowest BCUT2D eigenvalue weighted by atomic mass is 10.0. The van der Waals surface area contributed by atoms with Crippen molar-refractivity contribution in [3.63, 3.8) is 0 Å². The fourth-order valence-electron chi connectivity index (χ4n) is 2.97. The fourth-order valence-corrected chi connectivity index (χ4v) is 5.46. The van der Waals surface area contributed by atoms with Gasteiger partial charge in [0, 0.05) is 16.2 Å². The van der Waals surface area contributed by atoms with Crippen LogP contribution in [0.25, 0.3) is 0 Å². The van der Waals surface area contributed by atoms with Crippen LogP contribution in [0.2, 0.25) is 0 Å². The van der Waals surface area contributed by atoms with Crippen molar-refractivity contribution < 1.29 is 18.3 Å². The molecule has 0 fully saturated rings. The van der Waals surface area contributed by atoms with Gasteiger partial charge in [-0.2, -0.15) is 0 Å². The number of nitrogens with one attached hydrogen (secondary N) is 1. The SMILES string of the molecule is CC(C)CCCC(NS(=O)(=O)c1ccccc1)c1ccc(CCCC(=O)O)s1. The molecule has 1 heterocycles. The zero-order valence-electron chi connectivity index (χ0n) is 16.4. The number of benzene rings is 1. The van der Waals surface area contributed by atoms with Crippen molar-refractivity contribution in [2.24, 2.45) is 5.92 Å². The van der Waals surface area contributed by atoms with E-state index in [1.807, 2.05) is 12.1 Å². The summed E-state index contributed by atoms with van der Waals surface area (Å²) in [5, 5.41) is 8.79. The molecule has 0 aliphatic rings. The fraction of sp³-hybridized carbons (Fsp3) is 0.476. The molecule has 5 nitrogen and oxygen atoms in total. The topological polar surface area (TPSA) is 83.5 Å². The third-order valence-electron chi connectivity index (χ3n) is 4.46. The Hall–Kier alpha value is -1.70. The van der Waals surface area contributed by atoms with Gasteiger partial charge < -0.3 is 5.11 Å². The van der Waals surface area contributed by atoms with E-state index in [-0.39, 0.29) is 17.4 Å². The Morgan fingerprint density at radius 1 is 1.07 bits per heavy atom. The van der Waals surface area contributed by atoms with Gasteiger partial charge in [-0.3, -0.25) is 4.79 Å². The normalized spacial score (nSPS) is 13.0. The molecule has 2 rings (SSSR count). The number of aliphatic carboxylic acids is 1. The van der Waals surface area contributed by atoms with Crippen LogP contribution < -0.4 is 4.72 Å². The zero-order chi connectivity index (χ0) is 20.6. The molecule has 0 aliphatic carbocycles. The number of hydrogen-bond acceptors (Lipinski definition) is 4. The molecule has 28 heavy (non-hydrogen) atoms. The van der Waals surface area contributed by atoms with Crippen LogP contribution in [0.4, 0.5) is 0 Å². The monoisotopic (exact) mass is 423 g/mol. The Morgan fingerprint density at radius 2 is 1.79 bits per heavy atom. The predicted octanol–water partition coefficient (Wildman–Crippen LogP) is 5.00. The third kappa shape index (κ3) is 7.37. The quantitative estimate of drug-likeness (QED) is 0.503. The molecule has 0 saturated carbocycles. The lowest BCUT2D eigenvalue weighted by Crippen LogP contribution is -2.28. The number of thiophene rings is 1. The standard InChI is InChI=1S/C21H29NO4S2/c1-16(2)8-6-12-19(22-28(25,26)18-10-4-3-5-11-18)20-15-14-17(27-20)9-7-13-21(23)24/h3-5,10-11,14-16,19,22H,6-9,12-13H2,1-2H3,(H,23,24). The number of aryl methyl sites for hydroxylation is 1. The Balaban J connectivity index is 2.13. The lowest BCUT2D eigenvalue weighted by Gasteiger charge is -2.18. The maximum Gasteiger partial charge on any atom is 0.303 e. The first-order valence-corrected chi connectivity index (χ1v) is 12.0. The molecule has 0 bridgehead atoms. The van der Waals surface area contributed by atoms with Crippen LogP contribution in [0.5, 0.6) is 0 Å². The second-order valence-corrected chi connectivity index (χ2v) is 10.3. The Bertz CT molecular complexity index is 844. The summed E-state index contributed by atoms with van der Waals surface area (Å²) in [7, 11) is -3.60. The Kier molecular flexibility index (Phi) is 8.66. The third-order valence-corrected chi connectivity index (χ3v) is 7.21. The van der Waals surface area contributed by atoms with Crippen LogP contribution in [-0.2, 0) is 21.2 Å². The molecule has 1 unspecified atom stereocenters. The van der Waals surface area contributed by atoms with Gasteiger partial charge in [0.25, 0.3) is 0 Å². The minimum Gasteiger partial charge on any atom is -0.481 e. The van der Waals surface area contributed by atoms with E-state index in [9.17, 15) is 13.2 Å². The smallest absolute Gasteiger partial charge is 0.303 e. The van der Waals surface area contributed by atoms with Gasteiger partial charge in [0.2, 0.25) is 10.0 Å². The molecule has 1 atom stereocenters. The predicted molar refractivity (Wildman–Crippen MR) is 113 cm³/mol. The van der Waals surface area contributed by atoms with Crippen LogP contribution in [0.1, 0.15) is 61.7 Å². The molecule has 0 spiro atoms. The van der Waals surface area contributed by atoms with Gasteiger partial charge >= 0.3 is 5.97 Å². The second kappa shape index (κ2) is 10.7. The lowest BCUT2D eigenvalue weighted by molar-refractivity contribution is -0.137. The average molecular weight is 424 g/mol. The van der Waals surface area contributed by atoms with Crippen molar-refractivity contribution >= 4 is 27.3 Å². The van der Waals surface area contributed by atoms with Crippen molar-refractivity contribution in [2.45, 2.75) is 63.3 Å². The number of hydrogen-bond donors (Lipinski definition) is 2. The summed E-state index contributed by atoms with van der Waals surface area (Å²) < 4.78 is 28.5. The highest BCUT2D eigenvalue weighted by molar-refractivity contribution is 7.89. The van der Waals surface area contributed by atoms with Crippen LogP contribution in [0.3, 0.4) is 0 Å². The molecular formula is C21H29NO4S2. The summed E-state index contributed by atoms with van der Waals surface area (Å²) in [6.45, 7) is 4.32. The Morgan fingerprint density at radius 3 is 2.43 bits per heavy atom. The summed E-state index contributed by atoms with van der Waals surface area (Å²) in [5.74, 6) is -0.222. The first kappa shape index (κ1) is 22.6. The van der Waals surface area contributed by atoms with E-state index < -0.39 is 16.0 Å². The van der Waals surface area contributed by atoms with Crippen molar-refractivity contribution in [3.8, 4) is 0 Å². The van der Waals surface area contributed by atoms with Crippen LogP contribution in [0.15, 0.2) is 47.4 Å². The summed E-state index contributed by atoms with van der Waals surface area (Å²) in [5.41, 5.74) is 0. The highest BCUT2D eigenvalue weighted by Crippen LogP contribution is 2.30.